The second kappa shape index (κ2) is 7.37. The smallest absolute Gasteiger partial charge is 0.168 e. The lowest BCUT2D eigenvalue weighted by Gasteiger charge is -2.42. The van der Waals surface area contributed by atoms with Crippen molar-refractivity contribution in [2.24, 2.45) is 5.10 Å². The van der Waals surface area contributed by atoms with Gasteiger partial charge in [0.25, 0.3) is 0 Å². The summed E-state index contributed by atoms with van der Waals surface area (Å²) in [5.74, 6) is 0.160. The summed E-state index contributed by atoms with van der Waals surface area (Å²) in [7, 11) is -3.07. The van der Waals surface area contributed by atoms with Gasteiger partial charge in [0.2, 0.25) is 0 Å². The van der Waals surface area contributed by atoms with E-state index in [-0.39, 0.29) is 5.78 Å². The van der Waals surface area contributed by atoms with Gasteiger partial charge >= 0.3 is 0 Å². The van der Waals surface area contributed by atoms with Crippen molar-refractivity contribution in [3.63, 3.8) is 0 Å². The highest BCUT2D eigenvalue weighted by Crippen LogP contribution is 2.21. The molecule has 0 aliphatic carbocycles. The lowest BCUT2D eigenvalue weighted by molar-refractivity contribution is 0.1000. The first-order valence-corrected chi connectivity index (χ1v) is 14.9. The SMILES string of the molecule is CCC(CC(=O)c1ccccc1)=NN([Si](C)(C)C)[Si](C)(C)C. The number of Topliss-reactive ketones (excluding diaryl/α,β-unsaturated/α-hetero) is 1. The maximum Gasteiger partial charge on any atom is 0.168 e. The molecule has 0 aliphatic rings. The highest BCUT2D eigenvalue weighted by Gasteiger charge is 2.34. The molecule has 1 aromatic rings. The van der Waals surface area contributed by atoms with Crippen molar-refractivity contribution in [1.29, 1.82) is 0 Å². The highest BCUT2D eigenvalue weighted by atomic mass is 28.4. The minimum atomic E-state index is -1.54. The van der Waals surface area contributed by atoms with Crippen LogP contribution in [0.2, 0.25) is 39.3 Å². The van der Waals surface area contributed by atoms with Gasteiger partial charge in [-0.25, -0.2) is 5.10 Å². The number of hydrazone groups is 1. The third kappa shape index (κ3) is 5.53. The molecule has 5 heteroatoms. The van der Waals surface area contributed by atoms with Crippen LogP contribution in [0.25, 0.3) is 0 Å². The van der Waals surface area contributed by atoms with E-state index in [9.17, 15) is 4.79 Å². The molecule has 0 N–H and O–H groups in total. The van der Waals surface area contributed by atoms with E-state index in [1.54, 1.807) is 0 Å². The number of nitrogens with zero attached hydrogens (tertiary/aromatic N) is 2. The molecule has 0 saturated heterocycles. The van der Waals surface area contributed by atoms with Crippen LogP contribution in [0, 0.1) is 0 Å². The minimum absolute atomic E-state index is 0.160. The Kier molecular flexibility index (Phi) is 6.31. The van der Waals surface area contributed by atoms with Gasteiger partial charge in [0.05, 0.1) is 6.42 Å². The normalized spacial score (nSPS) is 13.1. The molecule has 0 aromatic heterocycles. The van der Waals surface area contributed by atoms with E-state index < -0.39 is 16.5 Å². The van der Waals surface area contributed by atoms with Crippen LogP contribution < -0.4 is 0 Å². The Balaban J connectivity index is 3.01. The summed E-state index contributed by atoms with van der Waals surface area (Å²) in [5, 5.41) is 4.96. The molecule has 0 radical (unpaired) electrons. The molecule has 1 aromatic carbocycles. The number of rotatable bonds is 7. The summed E-state index contributed by atoms with van der Waals surface area (Å²) < 4.78 is 2.39. The molecular weight excluding hydrogens is 304 g/mol. The predicted octanol–water partition coefficient (Wildman–Crippen LogP) is 5.00. The van der Waals surface area contributed by atoms with Crippen molar-refractivity contribution >= 4 is 28.0 Å². The maximum absolute atomic E-state index is 12.4. The van der Waals surface area contributed by atoms with E-state index in [1.807, 2.05) is 30.3 Å². The molecule has 3 nitrogen and oxygen atoms in total. The average Bonchev–Trinajstić information content (AvgIpc) is 2.41. The molecule has 0 amide bonds. The predicted molar refractivity (Wildman–Crippen MR) is 102 cm³/mol. The zero-order chi connectivity index (χ0) is 17.0. The summed E-state index contributed by atoms with van der Waals surface area (Å²) in [5.41, 5.74) is 1.77. The topological polar surface area (TPSA) is 32.7 Å². The molecule has 0 spiro atoms. The summed E-state index contributed by atoms with van der Waals surface area (Å²) in [6.45, 7) is 16.0. The lowest BCUT2D eigenvalue weighted by Crippen LogP contribution is -2.56. The minimum Gasteiger partial charge on any atom is -0.350 e. The van der Waals surface area contributed by atoms with E-state index in [1.165, 1.54) is 0 Å². The van der Waals surface area contributed by atoms with Crippen molar-refractivity contribution in [2.45, 2.75) is 59.0 Å². The van der Waals surface area contributed by atoms with Gasteiger partial charge in [-0.3, -0.25) is 4.79 Å². The van der Waals surface area contributed by atoms with Crippen molar-refractivity contribution in [3.05, 3.63) is 35.9 Å². The number of hydrogen-bond donors (Lipinski definition) is 0. The molecule has 0 heterocycles. The Morgan fingerprint density at radius 2 is 1.50 bits per heavy atom. The van der Waals surface area contributed by atoms with Gasteiger partial charge in [0.15, 0.2) is 22.3 Å². The van der Waals surface area contributed by atoms with Gasteiger partial charge in [-0.05, 0) is 6.42 Å². The monoisotopic (exact) mass is 334 g/mol. The molecule has 0 aliphatic heterocycles. The molecule has 0 fully saturated rings. The van der Waals surface area contributed by atoms with E-state index in [0.29, 0.717) is 6.42 Å². The van der Waals surface area contributed by atoms with E-state index >= 15 is 0 Å². The molecule has 0 unspecified atom stereocenters. The van der Waals surface area contributed by atoms with E-state index in [4.69, 9.17) is 5.10 Å². The first kappa shape index (κ1) is 18.8. The van der Waals surface area contributed by atoms with Crippen molar-refractivity contribution < 1.29 is 4.79 Å². The van der Waals surface area contributed by atoms with Crippen molar-refractivity contribution in [2.75, 3.05) is 0 Å². The molecular formula is C17H30N2OSi2. The fraction of sp³-hybridized carbons (Fsp3) is 0.529. The molecule has 22 heavy (non-hydrogen) atoms. The van der Waals surface area contributed by atoms with Gasteiger partial charge in [-0.1, -0.05) is 76.5 Å². The average molecular weight is 335 g/mol. The Hall–Kier alpha value is -1.21. The van der Waals surface area contributed by atoms with E-state index in [2.05, 4.69) is 50.5 Å². The Bertz CT molecular complexity index is 514. The Labute approximate surface area is 137 Å². The van der Waals surface area contributed by atoms with Gasteiger partial charge < -0.3 is 4.34 Å². The van der Waals surface area contributed by atoms with Crippen LogP contribution in [0.4, 0.5) is 0 Å². The van der Waals surface area contributed by atoms with Gasteiger partial charge in [-0.2, -0.15) is 0 Å². The number of ketones is 1. The molecule has 1 rings (SSSR count). The zero-order valence-electron chi connectivity index (χ0n) is 15.1. The number of hydrogen-bond acceptors (Lipinski definition) is 3. The molecule has 0 bridgehead atoms. The first-order chi connectivity index (χ1) is 10.1. The third-order valence-electron chi connectivity index (χ3n) is 3.38. The zero-order valence-corrected chi connectivity index (χ0v) is 17.1. The fourth-order valence-corrected chi connectivity index (χ4v) is 11.5. The number of benzene rings is 1. The van der Waals surface area contributed by atoms with Crippen molar-refractivity contribution in [3.8, 4) is 0 Å². The van der Waals surface area contributed by atoms with Gasteiger partial charge in [0.1, 0.15) is 0 Å². The van der Waals surface area contributed by atoms with Crippen LogP contribution in [0.5, 0.6) is 0 Å². The summed E-state index contributed by atoms with van der Waals surface area (Å²) >= 11 is 0. The van der Waals surface area contributed by atoms with Crippen LogP contribution in [0.15, 0.2) is 35.4 Å². The lowest BCUT2D eigenvalue weighted by atomic mass is 10.0. The molecule has 122 valence electrons. The first-order valence-electron chi connectivity index (χ1n) is 8.00. The number of carbonyl (C=O) groups excluding carboxylic acids is 1. The standard InChI is InChI=1S/C17H30N2OSi2/c1-8-16(14-17(20)15-12-10-9-11-13-15)18-19(21(2,3)4)22(5,6)7/h9-13H,8,14H2,1-7H3. The van der Waals surface area contributed by atoms with Crippen LogP contribution in [0.3, 0.4) is 0 Å². The third-order valence-corrected chi connectivity index (χ3v) is 10.1. The largest absolute Gasteiger partial charge is 0.350 e. The molecule has 0 atom stereocenters. The molecule has 0 saturated carbocycles. The van der Waals surface area contributed by atoms with Gasteiger partial charge in [0, 0.05) is 11.3 Å². The number of carbonyl (C=O) groups is 1. The summed E-state index contributed by atoms with van der Waals surface area (Å²) in [4.78, 5) is 12.4. The maximum atomic E-state index is 12.4. The Morgan fingerprint density at radius 1 is 1.00 bits per heavy atom. The van der Waals surface area contributed by atoms with Crippen LogP contribution in [-0.4, -0.2) is 32.3 Å². The Morgan fingerprint density at radius 3 is 1.91 bits per heavy atom. The fourth-order valence-electron chi connectivity index (χ4n) is 2.59. The van der Waals surface area contributed by atoms with Crippen LogP contribution in [0.1, 0.15) is 30.1 Å². The van der Waals surface area contributed by atoms with Crippen LogP contribution in [-0.2, 0) is 0 Å². The van der Waals surface area contributed by atoms with E-state index in [0.717, 1.165) is 17.7 Å². The second-order valence-electron chi connectivity index (χ2n) is 7.64. The van der Waals surface area contributed by atoms with Crippen molar-refractivity contribution in [1.82, 2.24) is 4.34 Å². The second-order valence-corrected chi connectivity index (χ2v) is 17.6. The summed E-state index contributed by atoms with van der Waals surface area (Å²) in [6, 6.07) is 9.51. The highest BCUT2D eigenvalue weighted by molar-refractivity contribution is 6.89. The quantitative estimate of drug-likeness (QED) is 0.304. The van der Waals surface area contributed by atoms with Gasteiger partial charge in [-0.15, -0.1) is 0 Å². The van der Waals surface area contributed by atoms with Crippen LogP contribution >= 0.6 is 0 Å². The summed E-state index contributed by atoms with van der Waals surface area (Å²) in [6.07, 6.45) is 1.25.